The number of imidazole rings is 1. The molecule has 0 saturated carbocycles. The number of hydrogen-bond acceptors (Lipinski definition) is 2. The van der Waals surface area contributed by atoms with Gasteiger partial charge in [-0.25, -0.2) is 4.98 Å². The predicted molar refractivity (Wildman–Crippen MR) is 142 cm³/mol. The molecule has 35 heavy (non-hydrogen) atoms. The van der Waals surface area contributed by atoms with Crippen molar-refractivity contribution in [3.05, 3.63) is 127 Å². The third-order valence-electron chi connectivity index (χ3n) is 6.71. The van der Waals surface area contributed by atoms with Crippen molar-refractivity contribution in [1.29, 1.82) is 0 Å². The summed E-state index contributed by atoms with van der Waals surface area (Å²) in [5.74, 6) is 1.81. The second-order valence-electron chi connectivity index (χ2n) is 8.78. The fourth-order valence-corrected chi connectivity index (χ4v) is 5.13. The van der Waals surface area contributed by atoms with Crippen molar-refractivity contribution in [2.75, 3.05) is 0 Å². The van der Waals surface area contributed by atoms with Crippen molar-refractivity contribution in [1.82, 2.24) is 9.55 Å². The van der Waals surface area contributed by atoms with E-state index in [0.29, 0.717) is 6.61 Å². The molecule has 0 aliphatic carbocycles. The van der Waals surface area contributed by atoms with Gasteiger partial charge in [0.25, 0.3) is 0 Å². The molecule has 0 atom stereocenters. The summed E-state index contributed by atoms with van der Waals surface area (Å²) in [5.41, 5.74) is 10.3. The van der Waals surface area contributed by atoms with Crippen LogP contribution in [-0.2, 0) is 6.61 Å². The molecule has 166 valence electrons. The quantitative estimate of drug-likeness (QED) is 0.274. The monoisotopic (exact) mass is 450 g/mol. The lowest BCUT2D eigenvalue weighted by Gasteiger charge is -2.20. The molecule has 0 saturated heterocycles. The topological polar surface area (TPSA) is 27.1 Å². The van der Waals surface area contributed by atoms with E-state index in [2.05, 4.69) is 108 Å². The van der Waals surface area contributed by atoms with Crippen LogP contribution >= 0.6 is 0 Å². The second-order valence-corrected chi connectivity index (χ2v) is 8.78. The molecule has 0 amide bonds. The van der Waals surface area contributed by atoms with Crippen LogP contribution in [0.5, 0.6) is 5.75 Å². The Labute approximate surface area is 203 Å². The average molecular weight is 451 g/mol. The molecule has 1 aliphatic heterocycles. The molecule has 5 aromatic carbocycles. The SMILES string of the molecule is c1ccc(-c2cccc(-c3ccccc3)c2-c2ccc3nc4n(c3c2)-c2ccccc2OC4)cc1. The van der Waals surface area contributed by atoms with Gasteiger partial charge in [-0.15, -0.1) is 0 Å². The van der Waals surface area contributed by atoms with Crippen molar-refractivity contribution >= 4 is 11.0 Å². The van der Waals surface area contributed by atoms with Crippen molar-refractivity contribution in [2.24, 2.45) is 0 Å². The van der Waals surface area contributed by atoms with Gasteiger partial charge in [0, 0.05) is 0 Å². The summed E-state index contributed by atoms with van der Waals surface area (Å²) >= 11 is 0. The smallest absolute Gasteiger partial charge is 0.152 e. The molecule has 1 aromatic heterocycles. The van der Waals surface area contributed by atoms with E-state index in [9.17, 15) is 0 Å². The van der Waals surface area contributed by atoms with E-state index in [0.717, 1.165) is 28.3 Å². The Kier molecular flexibility index (Phi) is 4.52. The van der Waals surface area contributed by atoms with Gasteiger partial charge in [0.05, 0.1) is 16.7 Å². The molecule has 0 unspecified atom stereocenters. The normalized spacial score (nSPS) is 12.1. The number of benzene rings is 5. The maximum atomic E-state index is 5.96. The highest BCUT2D eigenvalue weighted by Crippen LogP contribution is 2.42. The summed E-state index contributed by atoms with van der Waals surface area (Å²) in [5, 5.41) is 0. The molecule has 0 bridgehead atoms. The minimum absolute atomic E-state index is 0.469. The summed E-state index contributed by atoms with van der Waals surface area (Å²) in [6.07, 6.45) is 0. The van der Waals surface area contributed by atoms with E-state index in [1.165, 1.54) is 33.4 Å². The van der Waals surface area contributed by atoms with Crippen LogP contribution in [-0.4, -0.2) is 9.55 Å². The van der Waals surface area contributed by atoms with E-state index in [4.69, 9.17) is 9.72 Å². The maximum Gasteiger partial charge on any atom is 0.152 e. The molecule has 6 aromatic rings. The first kappa shape index (κ1) is 19.8. The number of para-hydroxylation sites is 2. The average Bonchev–Trinajstić information content (AvgIpc) is 3.32. The van der Waals surface area contributed by atoms with Gasteiger partial charge in [0.15, 0.2) is 5.82 Å². The Morgan fingerprint density at radius 2 is 1.26 bits per heavy atom. The van der Waals surface area contributed by atoms with Crippen molar-refractivity contribution < 1.29 is 4.74 Å². The Balaban J connectivity index is 1.52. The fourth-order valence-electron chi connectivity index (χ4n) is 5.13. The lowest BCUT2D eigenvalue weighted by molar-refractivity contribution is 0.280. The van der Waals surface area contributed by atoms with Gasteiger partial charge in [-0.05, 0) is 57.6 Å². The minimum atomic E-state index is 0.469. The highest BCUT2D eigenvalue weighted by molar-refractivity contribution is 5.97. The molecule has 0 spiro atoms. The van der Waals surface area contributed by atoms with Crippen LogP contribution in [0.15, 0.2) is 121 Å². The van der Waals surface area contributed by atoms with Crippen LogP contribution in [0.4, 0.5) is 0 Å². The summed E-state index contributed by atoms with van der Waals surface area (Å²) in [7, 11) is 0. The van der Waals surface area contributed by atoms with E-state index >= 15 is 0 Å². The number of aromatic nitrogens is 2. The highest BCUT2D eigenvalue weighted by Gasteiger charge is 2.22. The first-order chi connectivity index (χ1) is 17.4. The van der Waals surface area contributed by atoms with Gasteiger partial charge >= 0.3 is 0 Å². The van der Waals surface area contributed by atoms with Crippen LogP contribution in [0.2, 0.25) is 0 Å². The predicted octanol–water partition coefficient (Wildman–Crippen LogP) is 7.92. The Morgan fingerprint density at radius 1 is 0.600 bits per heavy atom. The largest absolute Gasteiger partial charge is 0.483 e. The van der Waals surface area contributed by atoms with Gasteiger partial charge in [-0.3, -0.25) is 4.57 Å². The highest BCUT2D eigenvalue weighted by atomic mass is 16.5. The maximum absolute atomic E-state index is 5.96. The molecule has 0 N–H and O–H groups in total. The molecule has 7 rings (SSSR count). The Morgan fingerprint density at radius 3 is 1.97 bits per heavy atom. The first-order valence-electron chi connectivity index (χ1n) is 11.8. The van der Waals surface area contributed by atoms with Crippen LogP contribution in [0.25, 0.3) is 50.1 Å². The molecule has 0 radical (unpaired) electrons. The first-order valence-corrected chi connectivity index (χ1v) is 11.8. The van der Waals surface area contributed by atoms with Gasteiger partial charge in [-0.1, -0.05) is 97.1 Å². The zero-order valence-electron chi connectivity index (χ0n) is 19.1. The number of ether oxygens (including phenoxy) is 1. The van der Waals surface area contributed by atoms with E-state index in [1.54, 1.807) is 0 Å². The second kappa shape index (κ2) is 8.00. The van der Waals surface area contributed by atoms with Gasteiger partial charge < -0.3 is 4.74 Å². The fraction of sp³-hybridized carbons (Fsp3) is 0.0312. The van der Waals surface area contributed by atoms with Crippen LogP contribution in [0, 0.1) is 0 Å². The van der Waals surface area contributed by atoms with E-state index in [-0.39, 0.29) is 0 Å². The number of fused-ring (bicyclic) bond motifs is 5. The third-order valence-corrected chi connectivity index (χ3v) is 6.71. The van der Waals surface area contributed by atoms with Gasteiger partial charge in [0.1, 0.15) is 12.4 Å². The summed E-state index contributed by atoms with van der Waals surface area (Å²) in [4.78, 5) is 4.89. The van der Waals surface area contributed by atoms with Crippen molar-refractivity contribution in [2.45, 2.75) is 6.61 Å². The molecule has 3 heteroatoms. The molecule has 2 heterocycles. The lowest BCUT2D eigenvalue weighted by atomic mass is 9.87. The third kappa shape index (κ3) is 3.24. The van der Waals surface area contributed by atoms with Crippen molar-refractivity contribution in [3.8, 4) is 44.8 Å². The van der Waals surface area contributed by atoms with Crippen LogP contribution < -0.4 is 4.74 Å². The van der Waals surface area contributed by atoms with E-state index < -0.39 is 0 Å². The number of nitrogens with zero attached hydrogens (tertiary/aromatic N) is 2. The number of rotatable bonds is 3. The number of hydrogen-bond donors (Lipinski definition) is 0. The standard InChI is InChI=1S/C32H22N2O/c1-3-10-22(11-4-1)25-14-9-15-26(23-12-5-2-6-13-23)32(25)24-18-19-27-29(20-24)34-28-16-7-8-17-30(28)35-21-31(34)33-27/h1-20H,21H2. The van der Waals surface area contributed by atoms with Gasteiger partial charge in [-0.2, -0.15) is 0 Å². The summed E-state index contributed by atoms with van der Waals surface area (Å²) in [6.45, 7) is 0.469. The minimum Gasteiger partial charge on any atom is -0.483 e. The summed E-state index contributed by atoms with van der Waals surface area (Å²) in [6, 6.07) is 42.6. The zero-order valence-corrected chi connectivity index (χ0v) is 19.1. The van der Waals surface area contributed by atoms with Crippen molar-refractivity contribution in [3.63, 3.8) is 0 Å². The molecular weight excluding hydrogens is 428 g/mol. The van der Waals surface area contributed by atoms with E-state index in [1.807, 2.05) is 18.2 Å². The zero-order chi connectivity index (χ0) is 23.2. The van der Waals surface area contributed by atoms with Gasteiger partial charge in [0.2, 0.25) is 0 Å². The van der Waals surface area contributed by atoms with Crippen LogP contribution in [0.1, 0.15) is 5.82 Å². The Bertz CT molecular complexity index is 1630. The molecule has 0 fully saturated rings. The summed E-state index contributed by atoms with van der Waals surface area (Å²) < 4.78 is 8.21. The molecule has 3 nitrogen and oxygen atoms in total. The van der Waals surface area contributed by atoms with Crippen LogP contribution in [0.3, 0.4) is 0 Å². The molecular formula is C32H22N2O. The lowest BCUT2D eigenvalue weighted by Crippen LogP contribution is -2.12. The molecule has 1 aliphatic rings. The Hall–Kier alpha value is -4.63.